The summed E-state index contributed by atoms with van der Waals surface area (Å²) in [6.45, 7) is -0.181. The van der Waals surface area contributed by atoms with E-state index in [9.17, 15) is 9.59 Å². The number of anilines is 2. The molecule has 3 N–H and O–H groups in total. The predicted molar refractivity (Wildman–Crippen MR) is 127 cm³/mol. The zero-order valence-electron chi connectivity index (χ0n) is 19.6. The van der Waals surface area contributed by atoms with Gasteiger partial charge in [0.2, 0.25) is 11.1 Å². The molecule has 168 valence electrons. The molecule has 0 aliphatic rings. The third kappa shape index (κ3) is 40.5. The second-order valence-electron chi connectivity index (χ2n) is 4.75. The van der Waals surface area contributed by atoms with Crippen LogP contribution in [0.15, 0.2) is 60.7 Å². The van der Waals surface area contributed by atoms with E-state index in [0.29, 0.717) is 18.2 Å². The van der Waals surface area contributed by atoms with Crippen molar-refractivity contribution in [3.63, 3.8) is 0 Å². The first-order valence-corrected chi connectivity index (χ1v) is 9.87. The molecule has 0 aliphatic carbocycles. The van der Waals surface area contributed by atoms with Gasteiger partial charge in [0.1, 0.15) is 0 Å². The van der Waals surface area contributed by atoms with E-state index in [0.717, 1.165) is 11.4 Å². The molecule has 4 radical (unpaired) electrons. The summed E-state index contributed by atoms with van der Waals surface area (Å²) in [5, 5.41) is 10.8. The first-order chi connectivity index (χ1) is 14.9. The Balaban J connectivity index is -0.0000000780. The van der Waals surface area contributed by atoms with Crippen LogP contribution < -0.4 is 119 Å². The second-order valence-corrected chi connectivity index (χ2v) is 5.93. The number of halogens is 3. The molecule has 7 nitrogen and oxygen atoms in total. The van der Waals surface area contributed by atoms with E-state index >= 15 is 0 Å². The van der Waals surface area contributed by atoms with Crippen molar-refractivity contribution < 1.29 is 129 Å². The van der Waals surface area contributed by atoms with Crippen molar-refractivity contribution in [2.75, 3.05) is 22.8 Å². The van der Waals surface area contributed by atoms with Crippen LogP contribution in [-0.2, 0) is 19.3 Å². The Morgan fingerprint density at radius 3 is 1.61 bits per heavy atom. The van der Waals surface area contributed by atoms with Gasteiger partial charge >= 0.3 is 103 Å². The average Bonchev–Trinajstić information content (AvgIpc) is 2.77. The molecule has 0 aliphatic heterocycles. The number of para-hydroxylation sites is 2. The molecule has 2 aromatic carbocycles. The zero-order chi connectivity index (χ0) is 24.3. The quantitative estimate of drug-likeness (QED) is 0.0720. The van der Waals surface area contributed by atoms with E-state index in [1.54, 1.807) is 0 Å². The topological polar surface area (TPSA) is 122 Å². The number of amides is 1. The fraction of sp³-hybridized carbons (Fsp3) is 0.211. The number of carbonyl (C=O) groups excluding carboxylic acids is 3. The SMILES string of the molecule is Nc1ccccc1.O=C(CCCl)Nc1ccccc1.O=C(Cl)CCCl.O=CO[O-].[B][B].[H-].[K+].[K+]. The van der Waals surface area contributed by atoms with E-state index in [1.165, 1.54) is 0 Å². The van der Waals surface area contributed by atoms with Crippen LogP contribution in [0.25, 0.3) is 0 Å². The van der Waals surface area contributed by atoms with Crippen LogP contribution >= 0.6 is 34.8 Å². The number of nitrogens with two attached hydrogens (primary N) is 1. The number of nitrogen functional groups attached to an aromatic ring is 1. The van der Waals surface area contributed by atoms with Crippen molar-refractivity contribution in [2.24, 2.45) is 0 Å². The van der Waals surface area contributed by atoms with Crippen LogP contribution in [-0.4, -0.2) is 44.9 Å². The smallest absolute Gasteiger partial charge is 1.00 e. The molecule has 0 fully saturated rings. The third-order valence-electron chi connectivity index (χ3n) is 2.51. The molecule has 0 heterocycles. The van der Waals surface area contributed by atoms with Crippen LogP contribution in [0.1, 0.15) is 14.3 Å². The number of hydrogen-bond acceptors (Lipinski definition) is 6. The summed E-state index contributed by atoms with van der Waals surface area (Å²) < 4.78 is 0. The summed E-state index contributed by atoms with van der Waals surface area (Å²) in [6.07, 6.45) is 0.625. The van der Waals surface area contributed by atoms with Crippen molar-refractivity contribution in [2.45, 2.75) is 12.8 Å². The fourth-order valence-electron chi connectivity index (χ4n) is 1.36. The Labute approximate surface area is 299 Å². The van der Waals surface area contributed by atoms with Gasteiger partial charge in [-0.15, -0.1) is 23.2 Å². The molecular weight excluding hydrogens is 542 g/mol. The van der Waals surface area contributed by atoms with Gasteiger partial charge in [0.15, 0.2) is 0 Å². The van der Waals surface area contributed by atoms with Gasteiger partial charge in [0.05, 0.1) is 0 Å². The number of alkyl halides is 2. The van der Waals surface area contributed by atoms with Gasteiger partial charge in [-0.2, -0.15) is 0 Å². The van der Waals surface area contributed by atoms with Crippen LogP contribution in [0, 0.1) is 0 Å². The maximum Gasteiger partial charge on any atom is 1.00 e. The molecule has 0 saturated heterocycles. The Morgan fingerprint density at radius 2 is 1.36 bits per heavy atom. The number of nitrogens with one attached hydrogen (secondary N) is 1. The van der Waals surface area contributed by atoms with Crippen molar-refractivity contribution >= 4 is 79.3 Å². The summed E-state index contributed by atoms with van der Waals surface area (Å²) in [4.78, 5) is 32.0. The summed E-state index contributed by atoms with van der Waals surface area (Å²) in [5.41, 5.74) is 6.99. The number of benzene rings is 2. The van der Waals surface area contributed by atoms with Crippen LogP contribution in [0.2, 0.25) is 0 Å². The molecule has 0 spiro atoms. The number of rotatable bonds is 6. The Morgan fingerprint density at radius 1 is 0.970 bits per heavy atom. The van der Waals surface area contributed by atoms with Gasteiger partial charge < -0.3 is 22.6 Å². The normalized spacial score (nSPS) is 7.52. The number of hydrogen-bond donors (Lipinski definition) is 2. The maximum atomic E-state index is 11.0. The molecule has 2 aromatic rings. The van der Waals surface area contributed by atoms with Crippen LogP contribution in [0.4, 0.5) is 11.4 Å². The van der Waals surface area contributed by atoms with Gasteiger partial charge in [0, 0.05) is 51.5 Å². The fourth-order valence-corrected chi connectivity index (χ4v) is 1.89. The van der Waals surface area contributed by atoms with E-state index < -0.39 is 0 Å². The Bertz CT molecular complexity index is 690. The molecule has 33 heavy (non-hydrogen) atoms. The first kappa shape index (κ1) is 44.1. The second kappa shape index (κ2) is 37.6. The summed E-state index contributed by atoms with van der Waals surface area (Å²) in [5.74, 6) is 0.636. The van der Waals surface area contributed by atoms with Crippen LogP contribution in [0.5, 0.6) is 0 Å². The first-order valence-electron chi connectivity index (χ1n) is 8.42. The average molecular weight is 566 g/mol. The summed E-state index contributed by atoms with van der Waals surface area (Å²) in [7, 11) is 8.00. The van der Waals surface area contributed by atoms with Gasteiger partial charge in [-0.25, -0.2) is 0 Å². The van der Waals surface area contributed by atoms with Gasteiger partial charge in [-0.1, -0.05) is 36.4 Å². The van der Waals surface area contributed by atoms with E-state index in [4.69, 9.17) is 50.6 Å². The van der Waals surface area contributed by atoms with E-state index in [-0.39, 0.29) is 128 Å². The predicted octanol–water partition coefficient (Wildman–Crippen LogP) is -3.30. The van der Waals surface area contributed by atoms with Crippen molar-refractivity contribution in [3.8, 4) is 0 Å². The largest absolute Gasteiger partial charge is 1.00 e. The minimum Gasteiger partial charge on any atom is -1.00 e. The summed E-state index contributed by atoms with van der Waals surface area (Å²) in [6, 6.07) is 18.8. The van der Waals surface area contributed by atoms with E-state index in [1.807, 2.05) is 60.7 Å². The molecule has 0 unspecified atom stereocenters. The molecule has 0 bridgehead atoms. The minimum atomic E-state index is -0.370. The van der Waals surface area contributed by atoms with Crippen molar-refractivity contribution in [1.82, 2.24) is 0 Å². The summed E-state index contributed by atoms with van der Waals surface area (Å²) >= 11 is 15.3. The van der Waals surface area contributed by atoms with Gasteiger partial charge in [0.25, 0.3) is 6.47 Å². The zero-order valence-corrected chi connectivity index (χ0v) is 27.1. The van der Waals surface area contributed by atoms with Gasteiger partial charge in [-0.3, -0.25) is 14.4 Å². The molecule has 0 saturated carbocycles. The molecule has 1 amide bonds. The Kier molecular flexibility index (Phi) is 50.3. The van der Waals surface area contributed by atoms with Gasteiger partial charge in [-0.05, 0) is 35.9 Å². The van der Waals surface area contributed by atoms with Crippen molar-refractivity contribution in [3.05, 3.63) is 60.7 Å². The van der Waals surface area contributed by atoms with E-state index in [2.05, 4.69) is 25.7 Å². The standard InChI is InChI=1S/C9H10ClNO.C6H7N.C3H4Cl2O.CH2O3.B2.2K.H/c10-7-6-9(12)11-8-4-2-1-3-5-8;7-6-4-2-1-3-5-6;4-2-1-3(5)6;2-1-4-3;1-2;;;/h1-5H,6-7H2,(H,11,12);1-5H,7H2;1-2H2;1,3H;;;;/q;;;;;2*+1;-1/p-1. The van der Waals surface area contributed by atoms with Crippen LogP contribution in [0.3, 0.4) is 0 Å². The molecule has 2 rings (SSSR count). The van der Waals surface area contributed by atoms with Crippen molar-refractivity contribution in [1.29, 1.82) is 0 Å². The molecule has 14 heteroatoms. The maximum absolute atomic E-state index is 11.0. The third-order valence-corrected chi connectivity index (χ3v) is 3.08. The monoisotopic (exact) mass is 564 g/mol. The molecule has 0 aromatic heterocycles. The minimum absolute atomic E-state index is 0. The molecule has 0 atom stereocenters. The molecular formula is C19H23B2Cl3K2N2O5. The Hall–Kier alpha value is 1.08. The number of carbonyl (C=O) groups is 3.